The summed E-state index contributed by atoms with van der Waals surface area (Å²) in [4.78, 5) is 10.7. The van der Waals surface area contributed by atoms with Crippen LogP contribution in [0.3, 0.4) is 0 Å². The van der Waals surface area contributed by atoms with Gasteiger partial charge < -0.3 is 15.2 Å². The van der Waals surface area contributed by atoms with Crippen LogP contribution in [0.25, 0.3) is 0 Å². The van der Waals surface area contributed by atoms with E-state index in [9.17, 15) is 4.79 Å². The Hall–Kier alpha value is -0.610. The third-order valence-electron chi connectivity index (χ3n) is 2.42. The predicted molar refractivity (Wildman–Crippen MR) is 36.8 cm³/mol. The van der Waals surface area contributed by atoms with Crippen LogP contribution in [0.5, 0.6) is 0 Å². The largest absolute Gasteiger partial charge is 0.387 e. The number of aliphatic hydroxyl groups is 1. The summed E-state index contributed by atoms with van der Waals surface area (Å²) in [5.41, 5.74) is 0. The van der Waals surface area contributed by atoms with E-state index in [-0.39, 0.29) is 11.9 Å². The van der Waals surface area contributed by atoms with Crippen molar-refractivity contribution < 1.29 is 14.6 Å². The minimum atomic E-state index is -0.406. The number of aliphatic hydroxyl groups excluding tert-OH is 1. The first kappa shape index (κ1) is 7.06. The number of rotatable bonds is 2. The Morgan fingerprint density at radius 1 is 1.55 bits per heavy atom. The predicted octanol–water partition coefficient (Wildman–Crippen LogP) is -1.26. The molecule has 0 spiro atoms. The number of nitrogens with one attached hydrogen (secondary N) is 1. The van der Waals surface area contributed by atoms with Gasteiger partial charge in [0.2, 0.25) is 5.91 Å². The van der Waals surface area contributed by atoms with Gasteiger partial charge in [-0.2, -0.15) is 0 Å². The van der Waals surface area contributed by atoms with Gasteiger partial charge in [-0.1, -0.05) is 0 Å². The van der Waals surface area contributed by atoms with Crippen LogP contribution in [-0.2, 0) is 9.53 Å². The highest BCUT2D eigenvalue weighted by Crippen LogP contribution is 2.43. The van der Waals surface area contributed by atoms with Crippen LogP contribution >= 0.6 is 0 Å². The molecule has 1 saturated heterocycles. The fraction of sp³-hybridized carbons (Fsp3) is 0.857. The zero-order valence-corrected chi connectivity index (χ0v) is 6.12. The molecule has 2 aliphatic rings. The molecule has 11 heavy (non-hydrogen) atoms. The lowest BCUT2D eigenvalue weighted by molar-refractivity contribution is -0.124. The van der Waals surface area contributed by atoms with E-state index in [1.165, 1.54) is 0 Å². The molecule has 1 unspecified atom stereocenters. The Kier molecular flexibility index (Phi) is 1.58. The van der Waals surface area contributed by atoms with Gasteiger partial charge in [-0.05, 0) is 0 Å². The van der Waals surface area contributed by atoms with Gasteiger partial charge in [-0.15, -0.1) is 0 Å². The van der Waals surface area contributed by atoms with Crippen molar-refractivity contribution in [3.63, 3.8) is 0 Å². The van der Waals surface area contributed by atoms with Crippen molar-refractivity contribution in [1.29, 1.82) is 0 Å². The summed E-state index contributed by atoms with van der Waals surface area (Å²) in [6.45, 7) is 1.12. The number of carbonyl (C=O) groups excluding carboxylic acids is 1. The van der Waals surface area contributed by atoms with Crippen molar-refractivity contribution in [2.24, 2.45) is 11.8 Å². The van der Waals surface area contributed by atoms with Gasteiger partial charge in [0.05, 0.1) is 13.2 Å². The standard InChI is InChI=1S/C7H11NO3/c9-1-6(10)8-7-4-2-11-3-5(4)7/h4-5,7,9H,1-3H2,(H,8,10)/t4-,5+,7?. The number of ether oxygens (including phenoxy) is 1. The quantitative estimate of drug-likeness (QED) is 0.526. The van der Waals surface area contributed by atoms with E-state index in [1.807, 2.05) is 0 Å². The summed E-state index contributed by atoms with van der Waals surface area (Å²) in [5.74, 6) is 0.764. The van der Waals surface area contributed by atoms with Crippen molar-refractivity contribution in [3.8, 4) is 0 Å². The fourth-order valence-corrected chi connectivity index (χ4v) is 1.69. The lowest BCUT2D eigenvalue weighted by Crippen LogP contribution is -2.31. The van der Waals surface area contributed by atoms with Crippen LogP contribution in [0, 0.1) is 11.8 Å². The zero-order valence-electron chi connectivity index (χ0n) is 6.12. The van der Waals surface area contributed by atoms with Gasteiger partial charge in [-0.25, -0.2) is 0 Å². The maximum absolute atomic E-state index is 10.7. The van der Waals surface area contributed by atoms with E-state index >= 15 is 0 Å². The minimum Gasteiger partial charge on any atom is -0.387 e. The van der Waals surface area contributed by atoms with Crippen LogP contribution in [0.2, 0.25) is 0 Å². The van der Waals surface area contributed by atoms with Crippen LogP contribution in [0.15, 0.2) is 0 Å². The SMILES string of the molecule is O=C(CO)NC1[C@H]2COC[C@@H]12. The van der Waals surface area contributed by atoms with Crippen LogP contribution in [-0.4, -0.2) is 36.9 Å². The van der Waals surface area contributed by atoms with E-state index in [4.69, 9.17) is 9.84 Å². The monoisotopic (exact) mass is 157 g/mol. The Morgan fingerprint density at radius 2 is 2.18 bits per heavy atom. The summed E-state index contributed by atoms with van der Waals surface area (Å²) < 4.78 is 5.14. The van der Waals surface area contributed by atoms with Crippen molar-refractivity contribution in [2.75, 3.05) is 19.8 Å². The highest BCUT2D eigenvalue weighted by molar-refractivity contribution is 5.77. The first-order chi connectivity index (χ1) is 5.33. The molecule has 0 bridgehead atoms. The molecule has 0 aromatic rings. The Morgan fingerprint density at radius 3 is 2.73 bits per heavy atom. The average Bonchev–Trinajstić information content (AvgIpc) is 2.52. The highest BCUT2D eigenvalue weighted by Gasteiger charge is 2.54. The van der Waals surface area contributed by atoms with Gasteiger partial charge in [0.25, 0.3) is 0 Å². The molecular weight excluding hydrogens is 146 g/mol. The first-order valence-corrected chi connectivity index (χ1v) is 3.81. The van der Waals surface area contributed by atoms with Crippen molar-refractivity contribution >= 4 is 5.91 Å². The summed E-state index contributed by atoms with van der Waals surface area (Å²) >= 11 is 0. The maximum Gasteiger partial charge on any atom is 0.245 e. The summed E-state index contributed by atoms with van der Waals surface area (Å²) in [6, 6.07) is 0.281. The van der Waals surface area contributed by atoms with E-state index in [0.29, 0.717) is 11.8 Å². The molecule has 3 atom stereocenters. The Bertz CT molecular complexity index is 173. The lowest BCUT2D eigenvalue weighted by Gasteiger charge is -2.04. The zero-order chi connectivity index (χ0) is 7.84. The molecule has 4 heteroatoms. The van der Waals surface area contributed by atoms with E-state index in [2.05, 4.69) is 5.32 Å². The fourth-order valence-electron chi connectivity index (χ4n) is 1.69. The second-order valence-electron chi connectivity index (χ2n) is 3.12. The summed E-state index contributed by atoms with van der Waals surface area (Å²) in [5, 5.41) is 11.2. The Labute approximate surface area is 64.5 Å². The number of amides is 1. The molecule has 62 valence electrons. The number of carbonyl (C=O) groups is 1. The van der Waals surface area contributed by atoms with Crippen molar-refractivity contribution in [1.82, 2.24) is 5.32 Å². The van der Waals surface area contributed by atoms with Crippen molar-refractivity contribution in [3.05, 3.63) is 0 Å². The van der Waals surface area contributed by atoms with Crippen LogP contribution < -0.4 is 5.32 Å². The molecule has 2 N–H and O–H groups in total. The number of hydrogen-bond acceptors (Lipinski definition) is 3. The molecule has 1 heterocycles. The Balaban J connectivity index is 1.79. The van der Waals surface area contributed by atoms with E-state index < -0.39 is 6.61 Å². The number of hydrogen-bond donors (Lipinski definition) is 2. The third kappa shape index (κ3) is 1.12. The smallest absolute Gasteiger partial charge is 0.245 e. The van der Waals surface area contributed by atoms with Gasteiger partial charge in [0.15, 0.2) is 0 Å². The molecule has 1 saturated carbocycles. The summed E-state index contributed by atoms with van der Waals surface area (Å²) in [6.07, 6.45) is 0. The van der Waals surface area contributed by atoms with Gasteiger partial charge in [-0.3, -0.25) is 4.79 Å². The normalized spacial score (nSPS) is 39.9. The molecule has 1 aliphatic heterocycles. The average molecular weight is 157 g/mol. The maximum atomic E-state index is 10.7. The molecule has 0 aromatic carbocycles. The van der Waals surface area contributed by atoms with Gasteiger partial charge in [0.1, 0.15) is 6.61 Å². The highest BCUT2D eigenvalue weighted by atomic mass is 16.5. The molecule has 2 fully saturated rings. The number of fused-ring (bicyclic) bond motifs is 1. The third-order valence-corrected chi connectivity index (χ3v) is 2.42. The van der Waals surface area contributed by atoms with Gasteiger partial charge >= 0.3 is 0 Å². The molecular formula is C7H11NO3. The van der Waals surface area contributed by atoms with Crippen LogP contribution in [0.1, 0.15) is 0 Å². The lowest BCUT2D eigenvalue weighted by atomic mass is 10.4. The molecule has 4 nitrogen and oxygen atoms in total. The topological polar surface area (TPSA) is 58.6 Å². The van der Waals surface area contributed by atoms with E-state index in [1.54, 1.807) is 0 Å². The summed E-state index contributed by atoms with van der Waals surface area (Å²) in [7, 11) is 0. The first-order valence-electron chi connectivity index (χ1n) is 3.81. The van der Waals surface area contributed by atoms with Crippen molar-refractivity contribution in [2.45, 2.75) is 6.04 Å². The minimum absolute atomic E-state index is 0.274. The molecule has 1 amide bonds. The second-order valence-corrected chi connectivity index (χ2v) is 3.12. The van der Waals surface area contributed by atoms with Crippen LogP contribution in [0.4, 0.5) is 0 Å². The van der Waals surface area contributed by atoms with Gasteiger partial charge in [0, 0.05) is 17.9 Å². The molecule has 0 radical (unpaired) electrons. The molecule has 0 aromatic heterocycles. The molecule has 2 rings (SSSR count). The molecule has 1 aliphatic carbocycles. The van der Waals surface area contributed by atoms with E-state index in [0.717, 1.165) is 13.2 Å². The second kappa shape index (κ2) is 2.46.